The van der Waals surface area contributed by atoms with Gasteiger partial charge in [-0.25, -0.2) is 4.98 Å². The Morgan fingerprint density at radius 3 is 2.47 bits per heavy atom. The minimum atomic E-state index is -0.638. The number of nitrogen functional groups attached to an aromatic ring is 1. The maximum atomic E-state index is 12.7. The summed E-state index contributed by atoms with van der Waals surface area (Å²) in [5.74, 6) is -0.361. The summed E-state index contributed by atoms with van der Waals surface area (Å²) >= 11 is 0. The number of methoxy groups -OCH3 is 1. The van der Waals surface area contributed by atoms with Crippen LogP contribution in [0, 0.1) is 0 Å². The Kier molecular flexibility index (Phi) is 5.81. The van der Waals surface area contributed by atoms with Gasteiger partial charge in [0, 0.05) is 30.2 Å². The predicted molar refractivity (Wildman–Crippen MR) is 117 cm³/mol. The second-order valence-corrected chi connectivity index (χ2v) is 8.61. The molecule has 4 rings (SSSR count). The molecule has 0 spiro atoms. The Labute approximate surface area is 186 Å². The summed E-state index contributed by atoms with van der Waals surface area (Å²) in [5, 5.41) is 3.02. The average molecular weight is 441 g/mol. The number of aromatic nitrogens is 4. The van der Waals surface area contributed by atoms with Gasteiger partial charge in [-0.15, -0.1) is 0 Å². The third-order valence-electron chi connectivity index (χ3n) is 6.24. The average Bonchev–Trinajstić information content (AvgIpc) is 2.78. The maximum Gasteiger partial charge on any atom is 0.321 e. The molecule has 0 bridgehead atoms. The van der Waals surface area contributed by atoms with Crippen LogP contribution in [0.3, 0.4) is 0 Å². The molecule has 11 nitrogen and oxygen atoms in total. The van der Waals surface area contributed by atoms with E-state index in [2.05, 4.69) is 25.3 Å². The fraction of sp³-hybridized carbons (Fsp3) is 0.524. The molecule has 1 saturated carbocycles. The summed E-state index contributed by atoms with van der Waals surface area (Å²) in [6.45, 7) is 3.32. The van der Waals surface area contributed by atoms with E-state index in [4.69, 9.17) is 16.2 Å². The first-order chi connectivity index (χ1) is 15.3. The van der Waals surface area contributed by atoms with Crippen molar-refractivity contribution in [3.8, 4) is 6.01 Å². The second kappa shape index (κ2) is 8.56. The van der Waals surface area contributed by atoms with Gasteiger partial charge in [-0.1, -0.05) is 0 Å². The van der Waals surface area contributed by atoms with Crippen LogP contribution in [0.15, 0.2) is 12.1 Å². The van der Waals surface area contributed by atoms with Crippen LogP contribution in [-0.4, -0.2) is 57.5 Å². The van der Waals surface area contributed by atoms with Gasteiger partial charge >= 0.3 is 6.01 Å². The highest BCUT2D eigenvalue weighted by atomic mass is 16.5. The molecule has 5 N–H and O–H groups in total. The van der Waals surface area contributed by atoms with E-state index < -0.39 is 5.91 Å². The van der Waals surface area contributed by atoms with Gasteiger partial charge in [0.05, 0.1) is 12.8 Å². The van der Waals surface area contributed by atoms with Crippen LogP contribution in [0.1, 0.15) is 71.7 Å². The molecule has 3 heterocycles. The number of hydrogen-bond acceptors (Lipinski definition) is 9. The van der Waals surface area contributed by atoms with Crippen molar-refractivity contribution in [3.63, 3.8) is 0 Å². The quantitative estimate of drug-likeness (QED) is 0.595. The molecule has 32 heavy (non-hydrogen) atoms. The van der Waals surface area contributed by atoms with E-state index in [9.17, 15) is 9.59 Å². The molecular formula is C21H28N8O3. The molecular weight excluding hydrogens is 412 g/mol. The Balaban J connectivity index is 1.48. The number of pyridine rings is 1. The first-order valence-corrected chi connectivity index (χ1v) is 10.7. The van der Waals surface area contributed by atoms with E-state index in [1.165, 1.54) is 7.11 Å². The van der Waals surface area contributed by atoms with Gasteiger partial charge in [0.2, 0.25) is 11.8 Å². The van der Waals surface area contributed by atoms with E-state index in [1.54, 1.807) is 6.07 Å². The summed E-state index contributed by atoms with van der Waals surface area (Å²) in [5.41, 5.74) is 12.1. The van der Waals surface area contributed by atoms with Crippen molar-refractivity contribution < 1.29 is 14.3 Å². The van der Waals surface area contributed by atoms with Crippen LogP contribution in [0.2, 0.25) is 0 Å². The van der Waals surface area contributed by atoms with Gasteiger partial charge in [0.25, 0.3) is 11.8 Å². The molecule has 2 aliphatic rings. The third kappa shape index (κ3) is 4.41. The summed E-state index contributed by atoms with van der Waals surface area (Å²) in [6, 6.07) is 3.60. The molecule has 1 saturated heterocycles. The van der Waals surface area contributed by atoms with Crippen LogP contribution in [0.5, 0.6) is 6.01 Å². The highest BCUT2D eigenvalue weighted by Gasteiger charge is 2.34. The lowest BCUT2D eigenvalue weighted by atomic mass is 9.78. The first kappa shape index (κ1) is 21.7. The number of rotatable bonds is 6. The van der Waals surface area contributed by atoms with Gasteiger partial charge in [0.1, 0.15) is 0 Å². The number of carbonyl (C=O) groups excluding carboxylic acids is 2. The molecule has 2 fully saturated rings. The number of primary amides is 1. The standard InChI is InChI=1S/C21H28N8O3/c1-21(8-3-9-21)28-18(31)17-25-19(27-20(26-17)32-2)29-10-6-12(7-11-29)14-5-4-13(22)15(24-14)16(23)30/h4-5,12H,3,6-11,22H2,1-2H3,(H2,23,30)(H,28,31). The lowest BCUT2D eigenvalue weighted by Crippen LogP contribution is -2.51. The monoisotopic (exact) mass is 440 g/mol. The predicted octanol–water partition coefficient (Wildman–Crippen LogP) is 1.01. The van der Waals surface area contributed by atoms with Crippen molar-refractivity contribution >= 4 is 23.5 Å². The van der Waals surface area contributed by atoms with Crippen LogP contribution in [0.4, 0.5) is 11.6 Å². The van der Waals surface area contributed by atoms with E-state index in [-0.39, 0.29) is 40.6 Å². The van der Waals surface area contributed by atoms with Crippen molar-refractivity contribution in [1.29, 1.82) is 0 Å². The summed E-state index contributed by atoms with van der Waals surface area (Å²) in [7, 11) is 1.46. The smallest absolute Gasteiger partial charge is 0.321 e. The number of amides is 2. The third-order valence-corrected chi connectivity index (χ3v) is 6.24. The van der Waals surface area contributed by atoms with Crippen molar-refractivity contribution in [3.05, 3.63) is 29.3 Å². The summed E-state index contributed by atoms with van der Waals surface area (Å²) in [4.78, 5) is 43.5. The fourth-order valence-electron chi connectivity index (χ4n) is 4.13. The Morgan fingerprint density at radius 2 is 1.88 bits per heavy atom. The lowest BCUT2D eigenvalue weighted by Gasteiger charge is -2.38. The first-order valence-electron chi connectivity index (χ1n) is 10.7. The summed E-state index contributed by atoms with van der Waals surface area (Å²) in [6.07, 6.45) is 4.52. The number of ether oxygens (including phenoxy) is 1. The number of carbonyl (C=O) groups is 2. The van der Waals surface area contributed by atoms with E-state index in [1.807, 2.05) is 17.9 Å². The molecule has 0 aromatic carbocycles. The lowest BCUT2D eigenvalue weighted by molar-refractivity contribution is 0.0837. The van der Waals surface area contributed by atoms with Crippen LogP contribution < -0.4 is 26.4 Å². The van der Waals surface area contributed by atoms with Gasteiger partial charge in [-0.2, -0.15) is 15.0 Å². The molecule has 1 aliphatic carbocycles. The Morgan fingerprint density at radius 1 is 1.16 bits per heavy atom. The molecule has 0 atom stereocenters. The van der Waals surface area contributed by atoms with Crippen molar-refractivity contribution in [2.75, 3.05) is 30.8 Å². The fourth-order valence-corrected chi connectivity index (χ4v) is 4.13. The van der Waals surface area contributed by atoms with Crippen molar-refractivity contribution in [2.24, 2.45) is 5.73 Å². The zero-order valence-electron chi connectivity index (χ0n) is 18.3. The largest absolute Gasteiger partial charge is 0.467 e. The van der Waals surface area contributed by atoms with Crippen LogP contribution >= 0.6 is 0 Å². The van der Waals surface area contributed by atoms with Crippen LogP contribution in [-0.2, 0) is 0 Å². The molecule has 0 radical (unpaired) electrons. The Bertz CT molecular complexity index is 1030. The molecule has 0 unspecified atom stereocenters. The van der Waals surface area contributed by atoms with Gasteiger partial charge in [0.15, 0.2) is 5.69 Å². The zero-order valence-corrected chi connectivity index (χ0v) is 18.3. The maximum absolute atomic E-state index is 12.7. The van der Waals surface area contributed by atoms with Crippen molar-refractivity contribution in [1.82, 2.24) is 25.3 Å². The number of nitrogens with zero attached hydrogens (tertiary/aromatic N) is 5. The van der Waals surface area contributed by atoms with Gasteiger partial charge < -0.3 is 26.4 Å². The molecule has 1 aliphatic heterocycles. The number of anilines is 2. The second-order valence-electron chi connectivity index (χ2n) is 8.61. The SMILES string of the molecule is COc1nc(C(=O)NC2(C)CCC2)nc(N2CCC(c3ccc(N)c(C(N)=O)n3)CC2)n1. The zero-order chi connectivity index (χ0) is 22.9. The highest BCUT2D eigenvalue weighted by Crippen LogP contribution is 2.32. The van der Waals surface area contributed by atoms with Crippen LogP contribution in [0.25, 0.3) is 0 Å². The molecule has 2 aromatic heterocycles. The minimum Gasteiger partial charge on any atom is -0.467 e. The normalized spacial score (nSPS) is 18.0. The number of hydrogen-bond donors (Lipinski definition) is 3. The van der Waals surface area contributed by atoms with Crippen molar-refractivity contribution in [2.45, 2.75) is 50.5 Å². The van der Waals surface area contributed by atoms with E-state index >= 15 is 0 Å². The Hall–Kier alpha value is -3.50. The minimum absolute atomic E-state index is 0.0494. The molecule has 11 heteroatoms. The number of piperidine rings is 1. The van der Waals surface area contributed by atoms with Gasteiger partial charge in [-0.05, 0) is 51.2 Å². The number of nitrogens with one attached hydrogen (secondary N) is 1. The molecule has 170 valence electrons. The molecule has 2 amide bonds. The topological polar surface area (TPSA) is 162 Å². The van der Waals surface area contributed by atoms with E-state index in [0.717, 1.165) is 37.8 Å². The molecule has 2 aromatic rings. The highest BCUT2D eigenvalue weighted by molar-refractivity contribution is 5.95. The van der Waals surface area contributed by atoms with E-state index in [0.29, 0.717) is 19.0 Å². The number of nitrogens with two attached hydrogens (primary N) is 2. The summed E-state index contributed by atoms with van der Waals surface area (Å²) < 4.78 is 5.21. The van der Waals surface area contributed by atoms with Gasteiger partial charge in [-0.3, -0.25) is 9.59 Å².